The summed E-state index contributed by atoms with van der Waals surface area (Å²) in [5.41, 5.74) is 1.89. The maximum absolute atomic E-state index is 9.35. The standard InChI is InChI=1S/C15H13NO/c1-17-15-10-6-5-9-13(15)14(11-16)12-7-3-2-4-8-12/h2-10,14H,1H3/t14-/m1/s1. The number of rotatable bonds is 3. The highest BCUT2D eigenvalue weighted by Gasteiger charge is 2.16. The van der Waals surface area contributed by atoms with Crippen LogP contribution in [0.15, 0.2) is 54.6 Å². The molecule has 2 rings (SSSR count). The lowest BCUT2D eigenvalue weighted by Gasteiger charge is -2.13. The largest absolute Gasteiger partial charge is 0.496 e. The van der Waals surface area contributed by atoms with Gasteiger partial charge in [-0.1, -0.05) is 48.5 Å². The maximum atomic E-state index is 9.35. The molecule has 0 bridgehead atoms. The Bertz CT molecular complexity index is 528. The molecule has 0 unspecified atom stereocenters. The Balaban J connectivity index is 2.47. The molecule has 0 N–H and O–H groups in total. The third-order valence-corrected chi connectivity index (χ3v) is 2.71. The van der Waals surface area contributed by atoms with E-state index in [0.29, 0.717) is 0 Å². The Labute approximate surface area is 101 Å². The molecule has 0 amide bonds. The van der Waals surface area contributed by atoms with Crippen molar-refractivity contribution in [1.82, 2.24) is 0 Å². The van der Waals surface area contributed by atoms with Gasteiger partial charge in [0.05, 0.1) is 19.1 Å². The average molecular weight is 223 g/mol. The van der Waals surface area contributed by atoms with Gasteiger partial charge in [-0.25, -0.2) is 0 Å². The number of methoxy groups -OCH3 is 1. The van der Waals surface area contributed by atoms with Crippen molar-refractivity contribution < 1.29 is 4.74 Å². The molecule has 0 fully saturated rings. The molecule has 0 saturated heterocycles. The van der Waals surface area contributed by atoms with Crippen molar-refractivity contribution in [2.75, 3.05) is 7.11 Å². The number of nitrogens with zero attached hydrogens (tertiary/aromatic N) is 1. The summed E-state index contributed by atoms with van der Waals surface area (Å²) in [6, 6.07) is 19.7. The van der Waals surface area contributed by atoms with E-state index in [1.54, 1.807) is 7.11 Å². The third-order valence-electron chi connectivity index (χ3n) is 2.71. The van der Waals surface area contributed by atoms with Crippen molar-refractivity contribution >= 4 is 0 Å². The summed E-state index contributed by atoms with van der Waals surface area (Å²) in [4.78, 5) is 0. The van der Waals surface area contributed by atoms with Gasteiger partial charge in [-0.3, -0.25) is 0 Å². The first-order chi connectivity index (χ1) is 8.36. The van der Waals surface area contributed by atoms with Crippen molar-refractivity contribution in [1.29, 1.82) is 5.26 Å². The quantitative estimate of drug-likeness (QED) is 0.799. The molecular weight excluding hydrogens is 210 g/mol. The van der Waals surface area contributed by atoms with Crippen LogP contribution in [0.4, 0.5) is 0 Å². The van der Waals surface area contributed by atoms with Crippen molar-refractivity contribution in [2.24, 2.45) is 0 Å². The summed E-state index contributed by atoms with van der Waals surface area (Å²) in [6.45, 7) is 0. The van der Waals surface area contributed by atoms with Gasteiger partial charge in [0.25, 0.3) is 0 Å². The molecule has 84 valence electrons. The van der Waals surface area contributed by atoms with Gasteiger partial charge in [-0.2, -0.15) is 5.26 Å². The number of benzene rings is 2. The van der Waals surface area contributed by atoms with E-state index in [1.165, 1.54) is 0 Å². The molecule has 0 heterocycles. The topological polar surface area (TPSA) is 33.0 Å². The van der Waals surface area contributed by atoms with E-state index >= 15 is 0 Å². The first-order valence-electron chi connectivity index (χ1n) is 5.44. The van der Waals surface area contributed by atoms with Crippen LogP contribution in [0.5, 0.6) is 5.75 Å². The fraction of sp³-hybridized carbons (Fsp3) is 0.133. The highest BCUT2D eigenvalue weighted by molar-refractivity contribution is 5.45. The molecule has 17 heavy (non-hydrogen) atoms. The Morgan fingerprint density at radius 3 is 2.29 bits per heavy atom. The van der Waals surface area contributed by atoms with E-state index in [-0.39, 0.29) is 5.92 Å². The van der Waals surface area contributed by atoms with Crippen molar-refractivity contribution in [2.45, 2.75) is 5.92 Å². The smallest absolute Gasteiger partial charge is 0.123 e. The van der Waals surface area contributed by atoms with Crippen LogP contribution in [0.3, 0.4) is 0 Å². The summed E-state index contributed by atoms with van der Waals surface area (Å²) in [5, 5.41) is 9.35. The average Bonchev–Trinajstić information content (AvgIpc) is 2.41. The second kappa shape index (κ2) is 5.18. The fourth-order valence-electron chi connectivity index (χ4n) is 1.87. The van der Waals surface area contributed by atoms with Crippen molar-refractivity contribution in [3.63, 3.8) is 0 Å². The lowest BCUT2D eigenvalue weighted by molar-refractivity contribution is 0.409. The molecule has 0 saturated carbocycles. The molecular formula is C15H13NO. The molecule has 1 atom stereocenters. The second-order valence-corrected chi connectivity index (χ2v) is 3.71. The van der Waals surface area contributed by atoms with Crippen molar-refractivity contribution in [3.05, 3.63) is 65.7 Å². The normalized spacial score (nSPS) is 11.5. The van der Waals surface area contributed by atoms with Crippen LogP contribution in [0.25, 0.3) is 0 Å². The zero-order valence-corrected chi connectivity index (χ0v) is 9.63. The van der Waals surface area contributed by atoms with Gasteiger partial charge in [0.2, 0.25) is 0 Å². The minimum absolute atomic E-state index is 0.285. The molecule has 2 heteroatoms. The van der Waals surface area contributed by atoms with Gasteiger partial charge < -0.3 is 4.74 Å². The van der Waals surface area contributed by atoms with Crippen LogP contribution in [0, 0.1) is 11.3 Å². The minimum atomic E-state index is -0.285. The molecule has 2 aromatic rings. The van der Waals surface area contributed by atoms with Gasteiger partial charge in [0, 0.05) is 5.56 Å². The lowest BCUT2D eigenvalue weighted by atomic mass is 9.92. The fourth-order valence-corrected chi connectivity index (χ4v) is 1.87. The number of para-hydroxylation sites is 1. The predicted molar refractivity (Wildman–Crippen MR) is 66.9 cm³/mol. The summed E-state index contributed by atoms with van der Waals surface area (Å²) in [5.74, 6) is 0.468. The minimum Gasteiger partial charge on any atom is -0.496 e. The highest BCUT2D eigenvalue weighted by Crippen LogP contribution is 2.30. The van der Waals surface area contributed by atoms with E-state index in [9.17, 15) is 5.26 Å². The van der Waals surface area contributed by atoms with Crippen LogP contribution in [-0.2, 0) is 0 Å². The summed E-state index contributed by atoms with van der Waals surface area (Å²) >= 11 is 0. The monoisotopic (exact) mass is 223 g/mol. The zero-order chi connectivity index (χ0) is 12.1. The third kappa shape index (κ3) is 2.29. The maximum Gasteiger partial charge on any atom is 0.123 e. The van der Waals surface area contributed by atoms with Crippen LogP contribution in [-0.4, -0.2) is 7.11 Å². The van der Waals surface area contributed by atoms with Gasteiger partial charge in [-0.05, 0) is 11.6 Å². The first kappa shape index (κ1) is 11.2. The molecule has 0 radical (unpaired) electrons. The van der Waals surface area contributed by atoms with E-state index in [2.05, 4.69) is 6.07 Å². The molecule has 2 aromatic carbocycles. The van der Waals surface area contributed by atoms with E-state index < -0.39 is 0 Å². The Morgan fingerprint density at radius 2 is 1.65 bits per heavy atom. The van der Waals surface area contributed by atoms with E-state index in [0.717, 1.165) is 16.9 Å². The first-order valence-corrected chi connectivity index (χ1v) is 5.44. The Hall–Kier alpha value is -2.27. The van der Waals surface area contributed by atoms with E-state index in [4.69, 9.17) is 4.74 Å². The molecule has 0 spiro atoms. The lowest BCUT2D eigenvalue weighted by Crippen LogP contribution is -2.00. The molecule has 0 aliphatic rings. The van der Waals surface area contributed by atoms with E-state index in [1.807, 2.05) is 54.6 Å². The molecule has 0 aromatic heterocycles. The van der Waals surface area contributed by atoms with Gasteiger partial charge in [-0.15, -0.1) is 0 Å². The Morgan fingerprint density at radius 1 is 1.00 bits per heavy atom. The predicted octanol–water partition coefficient (Wildman–Crippen LogP) is 3.35. The SMILES string of the molecule is COc1ccccc1[C@H](C#N)c1ccccc1. The summed E-state index contributed by atoms with van der Waals surface area (Å²) in [6.07, 6.45) is 0. The van der Waals surface area contributed by atoms with Gasteiger partial charge in [0.15, 0.2) is 0 Å². The molecule has 0 aliphatic carbocycles. The van der Waals surface area contributed by atoms with Gasteiger partial charge in [0.1, 0.15) is 5.75 Å². The highest BCUT2D eigenvalue weighted by atomic mass is 16.5. The summed E-state index contributed by atoms with van der Waals surface area (Å²) in [7, 11) is 1.62. The second-order valence-electron chi connectivity index (χ2n) is 3.71. The molecule has 0 aliphatic heterocycles. The number of ether oxygens (including phenoxy) is 1. The van der Waals surface area contributed by atoms with Crippen LogP contribution in [0.2, 0.25) is 0 Å². The van der Waals surface area contributed by atoms with Crippen LogP contribution < -0.4 is 4.74 Å². The van der Waals surface area contributed by atoms with Gasteiger partial charge >= 0.3 is 0 Å². The summed E-state index contributed by atoms with van der Waals surface area (Å²) < 4.78 is 5.30. The molecule has 2 nitrogen and oxygen atoms in total. The van der Waals surface area contributed by atoms with Crippen LogP contribution >= 0.6 is 0 Å². The van der Waals surface area contributed by atoms with Crippen LogP contribution in [0.1, 0.15) is 17.0 Å². The number of nitriles is 1. The van der Waals surface area contributed by atoms with Crippen molar-refractivity contribution in [3.8, 4) is 11.8 Å². The number of hydrogen-bond donors (Lipinski definition) is 0. The number of hydrogen-bond acceptors (Lipinski definition) is 2. The zero-order valence-electron chi connectivity index (χ0n) is 9.63. The Kier molecular flexibility index (Phi) is 3.42.